The van der Waals surface area contributed by atoms with Crippen LogP contribution in [0.25, 0.3) is 10.1 Å². The van der Waals surface area contributed by atoms with E-state index in [9.17, 15) is 18.0 Å². The maximum Gasteiger partial charge on any atom is 0.279 e. The van der Waals surface area contributed by atoms with Crippen molar-refractivity contribution in [2.24, 2.45) is 0 Å². The molecule has 3 N–H and O–H groups in total. The van der Waals surface area contributed by atoms with Gasteiger partial charge in [0.2, 0.25) is 0 Å². The number of amides is 2. The monoisotopic (exact) mass is 481 g/mol. The summed E-state index contributed by atoms with van der Waals surface area (Å²) in [4.78, 5) is 25.2. The number of hydrogen-bond donors (Lipinski definition) is 3. The highest BCUT2D eigenvalue weighted by Gasteiger charge is 2.17. The molecular formula is C23H19N3O5S2. The lowest BCUT2D eigenvalue weighted by molar-refractivity contribution is 0.0849. The number of nitrogens with one attached hydrogen (secondary N) is 3. The average molecular weight is 482 g/mol. The van der Waals surface area contributed by atoms with Gasteiger partial charge in [0.1, 0.15) is 5.75 Å². The number of sulfonamides is 1. The van der Waals surface area contributed by atoms with Crippen LogP contribution in [-0.2, 0) is 10.0 Å². The van der Waals surface area contributed by atoms with E-state index in [1.807, 2.05) is 24.3 Å². The minimum Gasteiger partial charge on any atom is -0.497 e. The number of hydrazine groups is 1. The van der Waals surface area contributed by atoms with Gasteiger partial charge in [0.05, 0.1) is 16.9 Å². The van der Waals surface area contributed by atoms with E-state index in [4.69, 9.17) is 4.74 Å². The SMILES string of the molecule is COc1ccc(NS(=O)(=O)c2cccc(C(=O)NNC(=O)c3cc4ccccc4s3)c2)cc1. The largest absolute Gasteiger partial charge is 0.497 e. The van der Waals surface area contributed by atoms with Crippen LogP contribution in [0.3, 0.4) is 0 Å². The summed E-state index contributed by atoms with van der Waals surface area (Å²) in [6.07, 6.45) is 0. The lowest BCUT2D eigenvalue weighted by Crippen LogP contribution is -2.41. The van der Waals surface area contributed by atoms with Gasteiger partial charge in [-0.1, -0.05) is 24.3 Å². The summed E-state index contributed by atoms with van der Waals surface area (Å²) >= 11 is 1.30. The summed E-state index contributed by atoms with van der Waals surface area (Å²) < 4.78 is 33.9. The Morgan fingerprint density at radius 2 is 1.58 bits per heavy atom. The van der Waals surface area contributed by atoms with Crippen LogP contribution in [0.15, 0.2) is 83.8 Å². The number of hydrogen-bond acceptors (Lipinski definition) is 6. The fourth-order valence-corrected chi connectivity index (χ4v) is 5.08. The van der Waals surface area contributed by atoms with Crippen molar-refractivity contribution in [2.75, 3.05) is 11.8 Å². The number of anilines is 1. The predicted octanol–water partition coefficient (Wildman–Crippen LogP) is 3.79. The third-order valence-corrected chi connectivity index (χ3v) is 7.18. The highest BCUT2D eigenvalue weighted by Crippen LogP contribution is 2.25. The average Bonchev–Trinajstić information content (AvgIpc) is 3.27. The summed E-state index contributed by atoms with van der Waals surface area (Å²) in [7, 11) is -2.42. The molecule has 4 aromatic rings. The van der Waals surface area contributed by atoms with Crippen molar-refractivity contribution >= 4 is 48.9 Å². The van der Waals surface area contributed by atoms with Gasteiger partial charge in [0.15, 0.2) is 0 Å². The van der Waals surface area contributed by atoms with Gasteiger partial charge in [-0.2, -0.15) is 0 Å². The molecular weight excluding hydrogens is 462 g/mol. The third kappa shape index (κ3) is 5.13. The van der Waals surface area contributed by atoms with Gasteiger partial charge in [-0.15, -0.1) is 11.3 Å². The topological polar surface area (TPSA) is 114 Å². The molecule has 0 saturated carbocycles. The number of methoxy groups -OCH3 is 1. The van der Waals surface area contributed by atoms with E-state index >= 15 is 0 Å². The van der Waals surface area contributed by atoms with Crippen molar-refractivity contribution in [3.63, 3.8) is 0 Å². The standard InChI is InChI=1S/C23H19N3O5S2/c1-31-18-11-9-17(10-12-18)26-33(29,30)19-7-4-6-16(13-19)22(27)24-25-23(28)21-14-15-5-2-3-8-20(15)32-21/h2-14,26H,1H3,(H,24,27)(H,25,28). The molecule has 0 radical (unpaired) electrons. The highest BCUT2D eigenvalue weighted by molar-refractivity contribution is 7.92. The van der Waals surface area contributed by atoms with Crippen LogP contribution in [0, 0.1) is 0 Å². The Kier molecular flexibility index (Phi) is 6.29. The zero-order chi connectivity index (χ0) is 23.4. The van der Waals surface area contributed by atoms with Crippen molar-refractivity contribution in [3.8, 4) is 5.75 Å². The normalized spacial score (nSPS) is 11.1. The molecule has 0 aliphatic rings. The molecule has 0 saturated heterocycles. The van der Waals surface area contributed by atoms with Gasteiger partial charge in [-0.3, -0.25) is 25.2 Å². The van der Waals surface area contributed by atoms with Crippen molar-refractivity contribution < 1.29 is 22.7 Å². The maximum absolute atomic E-state index is 12.7. The molecule has 8 nitrogen and oxygen atoms in total. The number of rotatable bonds is 6. The summed E-state index contributed by atoms with van der Waals surface area (Å²) in [5, 5.41) is 0.932. The Balaban J connectivity index is 1.43. The Morgan fingerprint density at radius 1 is 0.848 bits per heavy atom. The molecule has 1 aromatic heterocycles. The van der Waals surface area contributed by atoms with Crippen LogP contribution in [0.2, 0.25) is 0 Å². The molecule has 0 spiro atoms. The number of carbonyl (C=O) groups excluding carboxylic acids is 2. The first-order valence-corrected chi connectivity index (χ1v) is 12.0. The zero-order valence-corrected chi connectivity index (χ0v) is 19.0. The first-order valence-electron chi connectivity index (χ1n) is 9.72. The number of carbonyl (C=O) groups is 2. The van der Waals surface area contributed by atoms with Crippen LogP contribution in [0.5, 0.6) is 5.75 Å². The van der Waals surface area contributed by atoms with Crippen molar-refractivity contribution in [3.05, 3.63) is 89.3 Å². The summed E-state index contributed by atoms with van der Waals surface area (Å²) in [6, 6.07) is 21.2. The van der Waals surface area contributed by atoms with E-state index in [2.05, 4.69) is 15.6 Å². The van der Waals surface area contributed by atoms with E-state index in [0.29, 0.717) is 16.3 Å². The van der Waals surface area contributed by atoms with Crippen LogP contribution in [0.1, 0.15) is 20.0 Å². The van der Waals surface area contributed by atoms with E-state index in [1.165, 1.54) is 42.7 Å². The molecule has 0 fully saturated rings. The predicted molar refractivity (Wildman–Crippen MR) is 127 cm³/mol. The Morgan fingerprint density at radius 3 is 2.30 bits per heavy atom. The smallest absolute Gasteiger partial charge is 0.279 e. The fraction of sp³-hybridized carbons (Fsp3) is 0.0435. The summed E-state index contributed by atoms with van der Waals surface area (Å²) in [5.74, 6) is -0.519. The van der Waals surface area contributed by atoms with Crippen LogP contribution in [-0.4, -0.2) is 27.3 Å². The first-order chi connectivity index (χ1) is 15.9. The maximum atomic E-state index is 12.7. The molecule has 0 atom stereocenters. The number of thiophene rings is 1. The van der Waals surface area contributed by atoms with Gasteiger partial charge in [0, 0.05) is 16.0 Å². The fourth-order valence-electron chi connectivity index (χ4n) is 3.02. The highest BCUT2D eigenvalue weighted by atomic mass is 32.2. The van der Waals surface area contributed by atoms with Crippen LogP contribution in [0.4, 0.5) is 5.69 Å². The summed E-state index contributed by atoms with van der Waals surface area (Å²) in [5.41, 5.74) is 5.11. The van der Waals surface area contributed by atoms with Crippen molar-refractivity contribution in [1.82, 2.24) is 10.9 Å². The quantitative estimate of drug-likeness (QED) is 0.363. The molecule has 33 heavy (non-hydrogen) atoms. The molecule has 0 unspecified atom stereocenters. The Hall–Kier alpha value is -3.89. The lowest BCUT2D eigenvalue weighted by Gasteiger charge is -2.10. The third-order valence-electron chi connectivity index (χ3n) is 4.69. The second-order valence-corrected chi connectivity index (χ2v) is 9.68. The van der Waals surface area contributed by atoms with Gasteiger partial charge >= 0.3 is 0 Å². The molecule has 168 valence electrons. The molecule has 10 heteroatoms. The molecule has 3 aromatic carbocycles. The molecule has 4 rings (SSSR count). The number of benzene rings is 3. The van der Waals surface area contributed by atoms with Gasteiger partial charge in [-0.25, -0.2) is 8.42 Å². The van der Waals surface area contributed by atoms with E-state index < -0.39 is 21.8 Å². The molecule has 0 bridgehead atoms. The Bertz CT molecular complexity index is 1400. The lowest BCUT2D eigenvalue weighted by atomic mass is 10.2. The molecule has 2 amide bonds. The van der Waals surface area contributed by atoms with Crippen LogP contribution < -0.4 is 20.3 Å². The van der Waals surface area contributed by atoms with Gasteiger partial charge in [0.25, 0.3) is 21.8 Å². The first kappa shape index (κ1) is 22.3. The van der Waals surface area contributed by atoms with E-state index in [-0.39, 0.29) is 10.5 Å². The molecule has 1 heterocycles. The van der Waals surface area contributed by atoms with Gasteiger partial charge < -0.3 is 4.74 Å². The van der Waals surface area contributed by atoms with Crippen LogP contribution >= 0.6 is 11.3 Å². The molecule has 0 aliphatic heterocycles. The number of ether oxygens (including phenoxy) is 1. The summed E-state index contributed by atoms with van der Waals surface area (Å²) in [6.45, 7) is 0. The second kappa shape index (κ2) is 9.31. The van der Waals surface area contributed by atoms with E-state index in [0.717, 1.165) is 10.1 Å². The molecule has 0 aliphatic carbocycles. The second-order valence-electron chi connectivity index (χ2n) is 6.92. The van der Waals surface area contributed by atoms with Gasteiger partial charge in [-0.05, 0) is 60.0 Å². The van der Waals surface area contributed by atoms with E-state index in [1.54, 1.807) is 30.3 Å². The van der Waals surface area contributed by atoms with Crippen molar-refractivity contribution in [1.29, 1.82) is 0 Å². The minimum absolute atomic E-state index is 0.0734. The zero-order valence-electron chi connectivity index (χ0n) is 17.4. The van der Waals surface area contributed by atoms with Crippen molar-refractivity contribution in [2.45, 2.75) is 4.90 Å². The minimum atomic E-state index is -3.93. The number of fused-ring (bicyclic) bond motifs is 1. The Labute approximate surface area is 194 Å².